The molecule has 0 amide bonds. The van der Waals surface area contributed by atoms with Gasteiger partial charge in [0.25, 0.3) is 0 Å². The summed E-state index contributed by atoms with van der Waals surface area (Å²) in [7, 11) is 0. The molecule has 1 unspecified atom stereocenters. The molecule has 0 aliphatic carbocycles. The third kappa shape index (κ3) is 3.67. The van der Waals surface area contributed by atoms with E-state index >= 15 is 0 Å². The van der Waals surface area contributed by atoms with E-state index in [1.54, 1.807) is 0 Å². The van der Waals surface area contributed by atoms with Crippen LogP contribution in [0.1, 0.15) is 26.2 Å². The summed E-state index contributed by atoms with van der Waals surface area (Å²) < 4.78 is 0.999. The molecule has 2 aromatic rings. The lowest BCUT2D eigenvalue weighted by Crippen LogP contribution is -2.28. The van der Waals surface area contributed by atoms with Gasteiger partial charge in [0.05, 0.1) is 11.2 Å². The first-order chi connectivity index (χ1) is 9.24. The number of fused-ring (bicyclic) bond motifs is 1. The Bertz CT molecular complexity index is 542. The number of halogens is 1. The van der Waals surface area contributed by atoms with Gasteiger partial charge in [0.2, 0.25) is 0 Å². The first-order valence-electron chi connectivity index (χ1n) is 6.75. The lowest BCUT2D eigenvalue weighted by Gasteiger charge is -2.18. The van der Waals surface area contributed by atoms with Crippen LogP contribution in [0.2, 0.25) is 0 Å². The maximum absolute atomic E-state index is 5.84. The first kappa shape index (κ1) is 14.3. The van der Waals surface area contributed by atoms with E-state index in [4.69, 9.17) is 5.73 Å². The fraction of sp³-hybridized carbons (Fsp3) is 0.400. The van der Waals surface area contributed by atoms with Crippen molar-refractivity contribution in [2.75, 3.05) is 11.9 Å². The molecule has 1 aromatic carbocycles. The van der Waals surface area contributed by atoms with E-state index in [9.17, 15) is 0 Å². The van der Waals surface area contributed by atoms with Gasteiger partial charge in [-0.1, -0.05) is 31.9 Å². The van der Waals surface area contributed by atoms with E-state index in [0.29, 0.717) is 12.6 Å². The van der Waals surface area contributed by atoms with Gasteiger partial charge in [0.15, 0.2) is 0 Å². The minimum atomic E-state index is 0.316. The molecule has 0 aliphatic rings. The minimum Gasteiger partial charge on any atom is -0.379 e. The van der Waals surface area contributed by atoms with Crippen LogP contribution in [0.15, 0.2) is 34.9 Å². The van der Waals surface area contributed by atoms with Crippen LogP contribution in [0.4, 0.5) is 5.69 Å². The Morgan fingerprint density at radius 1 is 1.42 bits per heavy atom. The number of unbranched alkanes of at least 4 members (excludes halogenated alkanes) is 1. The van der Waals surface area contributed by atoms with E-state index < -0.39 is 0 Å². The number of pyridine rings is 1. The second-order valence-corrected chi connectivity index (χ2v) is 5.67. The zero-order chi connectivity index (χ0) is 13.7. The monoisotopic (exact) mass is 321 g/mol. The van der Waals surface area contributed by atoms with E-state index in [-0.39, 0.29) is 0 Å². The zero-order valence-corrected chi connectivity index (χ0v) is 12.8. The molecule has 1 aromatic heterocycles. The molecule has 2 rings (SSSR count). The van der Waals surface area contributed by atoms with Crippen LogP contribution >= 0.6 is 15.9 Å². The Labute approximate surface area is 122 Å². The highest BCUT2D eigenvalue weighted by Gasteiger charge is 2.09. The molecular formula is C15H20BrN3. The van der Waals surface area contributed by atoms with Gasteiger partial charge in [-0.15, -0.1) is 0 Å². The number of nitrogens with zero attached hydrogens (tertiary/aromatic N) is 1. The maximum Gasteiger partial charge on any atom is 0.0934 e. The number of aromatic nitrogens is 1. The van der Waals surface area contributed by atoms with Gasteiger partial charge in [-0.25, -0.2) is 0 Å². The molecule has 0 aliphatic heterocycles. The Hall–Kier alpha value is -1.13. The fourth-order valence-electron chi connectivity index (χ4n) is 2.17. The van der Waals surface area contributed by atoms with Crippen LogP contribution in [0.25, 0.3) is 10.9 Å². The lowest BCUT2D eigenvalue weighted by atomic mass is 10.1. The molecule has 1 heterocycles. The van der Waals surface area contributed by atoms with E-state index in [1.165, 1.54) is 12.8 Å². The number of benzene rings is 1. The van der Waals surface area contributed by atoms with Crippen molar-refractivity contribution >= 4 is 32.5 Å². The summed E-state index contributed by atoms with van der Waals surface area (Å²) in [4.78, 5) is 4.50. The Morgan fingerprint density at radius 2 is 2.26 bits per heavy atom. The van der Waals surface area contributed by atoms with Crippen molar-refractivity contribution in [2.24, 2.45) is 5.73 Å². The third-order valence-electron chi connectivity index (χ3n) is 3.23. The average Bonchev–Trinajstić information content (AvgIpc) is 2.43. The molecule has 0 radical (unpaired) electrons. The lowest BCUT2D eigenvalue weighted by molar-refractivity contribution is 0.614. The van der Waals surface area contributed by atoms with Crippen LogP contribution in [0.3, 0.4) is 0 Å². The van der Waals surface area contributed by atoms with Gasteiger partial charge in [-0.3, -0.25) is 4.98 Å². The molecule has 0 saturated carbocycles. The highest BCUT2D eigenvalue weighted by Crippen LogP contribution is 2.24. The summed E-state index contributed by atoms with van der Waals surface area (Å²) in [6.07, 6.45) is 5.31. The third-order valence-corrected chi connectivity index (χ3v) is 3.66. The number of nitrogens with two attached hydrogens (primary N) is 1. The first-order valence-corrected chi connectivity index (χ1v) is 7.54. The van der Waals surface area contributed by atoms with E-state index in [2.05, 4.69) is 51.4 Å². The molecule has 102 valence electrons. The standard InChI is InChI=1S/C15H20BrN3/c1-2-3-6-13(9-17)19-14-7-4-5-11-8-12(16)10-18-15(11)14/h4-5,7-8,10,13,19H,2-3,6,9,17H2,1H3. The summed E-state index contributed by atoms with van der Waals surface area (Å²) in [5.41, 5.74) is 7.91. The Kier molecular flexibility index (Phi) is 5.16. The molecule has 4 heteroatoms. The highest BCUT2D eigenvalue weighted by molar-refractivity contribution is 9.10. The van der Waals surface area contributed by atoms with Crippen molar-refractivity contribution in [3.63, 3.8) is 0 Å². The van der Waals surface area contributed by atoms with Crippen molar-refractivity contribution in [1.82, 2.24) is 4.98 Å². The van der Waals surface area contributed by atoms with Crippen LogP contribution < -0.4 is 11.1 Å². The van der Waals surface area contributed by atoms with Gasteiger partial charge < -0.3 is 11.1 Å². The molecule has 0 fully saturated rings. The van der Waals surface area contributed by atoms with Crippen LogP contribution in [0, 0.1) is 0 Å². The van der Waals surface area contributed by atoms with Gasteiger partial charge in [0, 0.05) is 28.6 Å². The molecule has 0 saturated heterocycles. The number of hydrogen-bond donors (Lipinski definition) is 2. The second kappa shape index (κ2) is 6.87. The van der Waals surface area contributed by atoms with Gasteiger partial charge in [-0.05, 0) is 34.5 Å². The molecule has 19 heavy (non-hydrogen) atoms. The van der Waals surface area contributed by atoms with Crippen LogP contribution in [-0.2, 0) is 0 Å². The van der Waals surface area contributed by atoms with Crippen molar-refractivity contribution in [2.45, 2.75) is 32.2 Å². The van der Waals surface area contributed by atoms with E-state index in [1.807, 2.05) is 12.3 Å². The minimum absolute atomic E-state index is 0.316. The summed E-state index contributed by atoms with van der Waals surface area (Å²) in [6, 6.07) is 8.58. The molecule has 0 bridgehead atoms. The number of para-hydroxylation sites is 1. The van der Waals surface area contributed by atoms with Crippen molar-refractivity contribution in [1.29, 1.82) is 0 Å². The number of nitrogens with one attached hydrogen (secondary N) is 1. The fourth-order valence-corrected chi connectivity index (χ4v) is 2.52. The maximum atomic E-state index is 5.84. The normalized spacial score (nSPS) is 12.6. The number of rotatable bonds is 6. The van der Waals surface area contributed by atoms with Gasteiger partial charge in [-0.2, -0.15) is 0 Å². The Balaban J connectivity index is 2.24. The summed E-state index contributed by atoms with van der Waals surface area (Å²) in [5.74, 6) is 0. The van der Waals surface area contributed by atoms with Crippen molar-refractivity contribution < 1.29 is 0 Å². The molecule has 3 N–H and O–H groups in total. The summed E-state index contributed by atoms with van der Waals surface area (Å²) in [6.45, 7) is 2.84. The van der Waals surface area contributed by atoms with Crippen molar-refractivity contribution in [3.05, 3.63) is 34.9 Å². The van der Waals surface area contributed by atoms with Gasteiger partial charge >= 0.3 is 0 Å². The predicted molar refractivity (Wildman–Crippen MR) is 85.4 cm³/mol. The van der Waals surface area contributed by atoms with Gasteiger partial charge in [0.1, 0.15) is 0 Å². The average molecular weight is 322 g/mol. The molecular weight excluding hydrogens is 302 g/mol. The summed E-state index contributed by atoms with van der Waals surface area (Å²) >= 11 is 3.45. The molecule has 1 atom stereocenters. The predicted octanol–water partition coefficient (Wildman–Crippen LogP) is 3.93. The Morgan fingerprint density at radius 3 is 3.00 bits per heavy atom. The quantitative estimate of drug-likeness (QED) is 0.847. The number of hydrogen-bond acceptors (Lipinski definition) is 3. The molecule has 3 nitrogen and oxygen atoms in total. The largest absolute Gasteiger partial charge is 0.379 e. The molecule has 0 spiro atoms. The smallest absolute Gasteiger partial charge is 0.0934 e. The zero-order valence-electron chi connectivity index (χ0n) is 11.2. The van der Waals surface area contributed by atoms with Crippen LogP contribution in [-0.4, -0.2) is 17.6 Å². The number of anilines is 1. The van der Waals surface area contributed by atoms with Crippen LogP contribution in [0.5, 0.6) is 0 Å². The SMILES string of the molecule is CCCCC(CN)Nc1cccc2cc(Br)cnc12. The topological polar surface area (TPSA) is 50.9 Å². The van der Waals surface area contributed by atoms with E-state index in [0.717, 1.165) is 27.5 Å². The second-order valence-electron chi connectivity index (χ2n) is 4.75. The van der Waals surface area contributed by atoms with Crippen molar-refractivity contribution in [3.8, 4) is 0 Å². The summed E-state index contributed by atoms with van der Waals surface area (Å²) in [5, 5.41) is 4.65. The highest BCUT2D eigenvalue weighted by atomic mass is 79.9.